The molecule has 2 aliphatic rings. The number of piperidine rings is 2. The molecular formula is C19H40IN5O. The van der Waals surface area contributed by atoms with Crippen molar-refractivity contribution in [3.63, 3.8) is 0 Å². The molecule has 2 aliphatic heterocycles. The first-order valence-electron chi connectivity index (χ1n) is 10.2. The normalized spacial score (nSPS) is 21.4. The molecule has 0 spiro atoms. The van der Waals surface area contributed by atoms with E-state index in [2.05, 4.69) is 32.3 Å². The lowest BCUT2D eigenvalue weighted by molar-refractivity contribution is 0.128. The van der Waals surface area contributed by atoms with Crippen LogP contribution in [0.3, 0.4) is 0 Å². The van der Waals surface area contributed by atoms with E-state index in [-0.39, 0.29) is 24.0 Å². The minimum Gasteiger partial charge on any atom is -0.383 e. The molecule has 0 radical (unpaired) electrons. The first kappa shape index (κ1) is 23.9. The third kappa shape index (κ3) is 8.71. The maximum absolute atomic E-state index is 5.17. The standard InChI is InChI=1S/C19H39N5O.HI/c1-4-23-11-6-17(7-12-23)5-10-21-19(20-2)22-18-8-13-24(14-9-18)15-16-25-3;/h17-18H,4-16H2,1-3H3,(H2,20,21,22);1H. The highest BCUT2D eigenvalue weighted by Gasteiger charge is 2.20. The number of hydrogen-bond acceptors (Lipinski definition) is 4. The predicted octanol–water partition coefficient (Wildman–Crippen LogP) is 2.00. The number of likely N-dealkylation sites (tertiary alicyclic amines) is 2. The summed E-state index contributed by atoms with van der Waals surface area (Å²) in [4.78, 5) is 9.46. The summed E-state index contributed by atoms with van der Waals surface area (Å²) in [5.74, 6) is 1.85. The van der Waals surface area contributed by atoms with Crippen molar-refractivity contribution < 1.29 is 4.74 Å². The second kappa shape index (κ2) is 14.0. The Morgan fingerprint density at radius 2 is 1.73 bits per heavy atom. The molecule has 2 heterocycles. The predicted molar refractivity (Wildman–Crippen MR) is 121 cm³/mol. The van der Waals surface area contributed by atoms with Crippen LogP contribution < -0.4 is 10.6 Å². The quantitative estimate of drug-likeness (QED) is 0.316. The minimum atomic E-state index is 0. The lowest BCUT2D eigenvalue weighted by Crippen LogP contribution is -2.49. The van der Waals surface area contributed by atoms with Crippen LogP contribution in [0.5, 0.6) is 0 Å². The van der Waals surface area contributed by atoms with Gasteiger partial charge in [-0.15, -0.1) is 24.0 Å². The first-order valence-corrected chi connectivity index (χ1v) is 10.2. The van der Waals surface area contributed by atoms with Gasteiger partial charge in [0, 0.05) is 46.4 Å². The largest absolute Gasteiger partial charge is 0.383 e. The fourth-order valence-corrected chi connectivity index (χ4v) is 3.90. The summed E-state index contributed by atoms with van der Waals surface area (Å²) >= 11 is 0. The topological polar surface area (TPSA) is 52.1 Å². The van der Waals surface area contributed by atoms with E-state index in [1.54, 1.807) is 7.11 Å². The van der Waals surface area contributed by atoms with Crippen molar-refractivity contribution in [1.82, 2.24) is 20.4 Å². The van der Waals surface area contributed by atoms with Crippen molar-refractivity contribution in [3.8, 4) is 0 Å². The fraction of sp³-hybridized carbons (Fsp3) is 0.947. The SMILES string of the molecule is CCN1CCC(CCNC(=NC)NC2CCN(CCOC)CC2)CC1.I. The average Bonchev–Trinajstić information content (AvgIpc) is 2.67. The van der Waals surface area contributed by atoms with Gasteiger partial charge in [0.2, 0.25) is 0 Å². The van der Waals surface area contributed by atoms with Crippen LogP contribution in [0.25, 0.3) is 0 Å². The Morgan fingerprint density at radius 1 is 1.08 bits per heavy atom. The lowest BCUT2D eigenvalue weighted by atomic mass is 9.93. The molecule has 2 rings (SSSR count). The van der Waals surface area contributed by atoms with E-state index in [0.29, 0.717) is 6.04 Å². The Balaban J connectivity index is 0.00000338. The number of halogens is 1. The van der Waals surface area contributed by atoms with E-state index in [4.69, 9.17) is 4.74 Å². The van der Waals surface area contributed by atoms with Gasteiger partial charge < -0.3 is 25.2 Å². The van der Waals surface area contributed by atoms with Crippen molar-refractivity contribution in [2.24, 2.45) is 10.9 Å². The Kier molecular flexibility index (Phi) is 12.8. The number of aliphatic imine (C=N–C) groups is 1. The van der Waals surface area contributed by atoms with Gasteiger partial charge in [0.25, 0.3) is 0 Å². The van der Waals surface area contributed by atoms with Crippen molar-refractivity contribution in [2.45, 2.75) is 45.1 Å². The molecule has 0 aliphatic carbocycles. The van der Waals surface area contributed by atoms with Gasteiger partial charge in [0.1, 0.15) is 0 Å². The van der Waals surface area contributed by atoms with E-state index in [0.717, 1.165) is 44.7 Å². The van der Waals surface area contributed by atoms with Crippen LogP contribution in [0.1, 0.15) is 39.0 Å². The number of methoxy groups -OCH3 is 1. The maximum Gasteiger partial charge on any atom is 0.191 e. The molecule has 7 heteroatoms. The van der Waals surface area contributed by atoms with Crippen molar-refractivity contribution in [3.05, 3.63) is 0 Å². The Bertz CT molecular complexity index is 380. The second-order valence-electron chi connectivity index (χ2n) is 7.42. The molecule has 0 amide bonds. The van der Waals surface area contributed by atoms with Gasteiger partial charge in [-0.2, -0.15) is 0 Å². The van der Waals surface area contributed by atoms with Crippen LogP contribution in [-0.2, 0) is 4.74 Å². The van der Waals surface area contributed by atoms with Crippen LogP contribution in [0.15, 0.2) is 4.99 Å². The van der Waals surface area contributed by atoms with E-state index in [1.165, 1.54) is 51.7 Å². The van der Waals surface area contributed by atoms with Crippen LogP contribution in [0.4, 0.5) is 0 Å². The van der Waals surface area contributed by atoms with Gasteiger partial charge in [0.05, 0.1) is 6.61 Å². The van der Waals surface area contributed by atoms with E-state index in [9.17, 15) is 0 Å². The number of rotatable bonds is 8. The molecule has 0 saturated carbocycles. The summed E-state index contributed by atoms with van der Waals surface area (Å²) in [6, 6.07) is 0.540. The Hall–Kier alpha value is -0.120. The van der Waals surface area contributed by atoms with Gasteiger partial charge in [0.15, 0.2) is 5.96 Å². The molecule has 0 unspecified atom stereocenters. The Labute approximate surface area is 177 Å². The first-order chi connectivity index (χ1) is 12.2. The third-order valence-corrected chi connectivity index (χ3v) is 5.76. The minimum absolute atomic E-state index is 0. The smallest absolute Gasteiger partial charge is 0.191 e. The molecule has 154 valence electrons. The van der Waals surface area contributed by atoms with Gasteiger partial charge in [-0.25, -0.2) is 0 Å². The van der Waals surface area contributed by atoms with Crippen LogP contribution in [-0.4, -0.2) is 88.4 Å². The zero-order valence-electron chi connectivity index (χ0n) is 17.0. The number of nitrogens with one attached hydrogen (secondary N) is 2. The summed E-state index contributed by atoms with van der Waals surface area (Å²) < 4.78 is 5.17. The van der Waals surface area contributed by atoms with Crippen LogP contribution >= 0.6 is 24.0 Å². The number of hydrogen-bond donors (Lipinski definition) is 2. The summed E-state index contributed by atoms with van der Waals surface area (Å²) in [5.41, 5.74) is 0. The zero-order chi connectivity index (χ0) is 17.9. The average molecular weight is 481 g/mol. The monoisotopic (exact) mass is 481 g/mol. The van der Waals surface area contributed by atoms with Crippen LogP contribution in [0.2, 0.25) is 0 Å². The van der Waals surface area contributed by atoms with Gasteiger partial charge in [-0.1, -0.05) is 6.92 Å². The van der Waals surface area contributed by atoms with E-state index in [1.807, 2.05) is 7.05 Å². The summed E-state index contributed by atoms with van der Waals surface area (Å²) in [7, 11) is 3.65. The highest BCUT2D eigenvalue weighted by Crippen LogP contribution is 2.19. The van der Waals surface area contributed by atoms with E-state index < -0.39 is 0 Å². The highest BCUT2D eigenvalue weighted by atomic mass is 127. The molecule has 0 atom stereocenters. The van der Waals surface area contributed by atoms with Crippen molar-refractivity contribution in [1.29, 1.82) is 0 Å². The number of guanidine groups is 1. The molecular weight excluding hydrogens is 441 g/mol. The Morgan fingerprint density at radius 3 is 2.31 bits per heavy atom. The molecule has 2 saturated heterocycles. The van der Waals surface area contributed by atoms with E-state index >= 15 is 0 Å². The lowest BCUT2D eigenvalue weighted by Gasteiger charge is -2.33. The zero-order valence-corrected chi connectivity index (χ0v) is 19.3. The molecule has 2 N–H and O–H groups in total. The summed E-state index contributed by atoms with van der Waals surface area (Å²) in [5, 5.41) is 7.14. The number of nitrogens with zero attached hydrogens (tertiary/aromatic N) is 3. The molecule has 2 fully saturated rings. The van der Waals surface area contributed by atoms with Crippen LogP contribution in [0, 0.1) is 5.92 Å². The molecule has 0 bridgehead atoms. The fourth-order valence-electron chi connectivity index (χ4n) is 3.90. The van der Waals surface area contributed by atoms with Gasteiger partial charge in [-0.05, 0) is 57.7 Å². The molecule has 6 nitrogen and oxygen atoms in total. The second-order valence-corrected chi connectivity index (χ2v) is 7.42. The third-order valence-electron chi connectivity index (χ3n) is 5.76. The molecule has 26 heavy (non-hydrogen) atoms. The number of ether oxygens (including phenoxy) is 1. The molecule has 0 aromatic carbocycles. The van der Waals surface area contributed by atoms with Gasteiger partial charge in [-0.3, -0.25) is 4.99 Å². The maximum atomic E-state index is 5.17. The molecule has 0 aromatic rings. The van der Waals surface area contributed by atoms with Gasteiger partial charge >= 0.3 is 0 Å². The highest BCUT2D eigenvalue weighted by molar-refractivity contribution is 14.0. The summed E-state index contributed by atoms with van der Waals surface area (Å²) in [6.07, 6.45) is 6.32. The van der Waals surface area contributed by atoms with Crippen molar-refractivity contribution in [2.75, 3.05) is 66.6 Å². The van der Waals surface area contributed by atoms with Crippen molar-refractivity contribution >= 4 is 29.9 Å². The summed E-state index contributed by atoms with van der Waals surface area (Å²) in [6.45, 7) is 11.2. The molecule has 0 aromatic heterocycles.